The number of fused-ring (bicyclic) bond motifs is 3. The molecule has 3 rings (SSSR count). The van der Waals surface area contributed by atoms with Gasteiger partial charge in [-0.15, -0.1) is 0 Å². The summed E-state index contributed by atoms with van der Waals surface area (Å²) in [4.78, 5) is 49.2. The van der Waals surface area contributed by atoms with E-state index in [-0.39, 0.29) is 30.7 Å². The van der Waals surface area contributed by atoms with Crippen molar-refractivity contribution in [1.82, 2.24) is 10.8 Å². The minimum Gasteiger partial charge on any atom is -0.497 e. The Kier molecular flexibility index (Phi) is 11.3. The molecule has 5 N–H and O–H groups in total. The van der Waals surface area contributed by atoms with Crippen LogP contribution in [-0.2, 0) is 32.1 Å². The van der Waals surface area contributed by atoms with Gasteiger partial charge in [-0.25, -0.2) is 5.48 Å². The van der Waals surface area contributed by atoms with E-state index in [1.54, 1.807) is 36.9 Å². The van der Waals surface area contributed by atoms with Crippen molar-refractivity contribution in [2.75, 3.05) is 24.4 Å². The zero-order valence-electron chi connectivity index (χ0n) is 22.3. The predicted molar refractivity (Wildman–Crippen MR) is 145 cm³/mol. The molecule has 0 unspecified atom stereocenters. The molecule has 39 heavy (non-hydrogen) atoms. The summed E-state index contributed by atoms with van der Waals surface area (Å²) in [7, 11) is 1.55. The summed E-state index contributed by atoms with van der Waals surface area (Å²) in [6.45, 7) is 2.01. The third-order valence-electron chi connectivity index (χ3n) is 6.31. The number of nitrogens with one attached hydrogen (secondary N) is 4. The molecule has 2 aromatic rings. The van der Waals surface area contributed by atoms with Crippen molar-refractivity contribution < 1.29 is 33.9 Å². The molecular formula is C28H36N4O7. The Morgan fingerprint density at radius 3 is 2.64 bits per heavy atom. The van der Waals surface area contributed by atoms with Crippen LogP contribution in [0.2, 0.25) is 0 Å². The van der Waals surface area contributed by atoms with Crippen molar-refractivity contribution in [3.63, 3.8) is 0 Å². The summed E-state index contributed by atoms with van der Waals surface area (Å²) in [6, 6.07) is 10.5. The Bertz CT molecular complexity index is 1180. The van der Waals surface area contributed by atoms with E-state index in [1.807, 2.05) is 12.1 Å². The first kappa shape index (κ1) is 29.6. The number of anilines is 2. The first-order valence-corrected chi connectivity index (χ1v) is 13.0. The van der Waals surface area contributed by atoms with Crippen LogP contribution in [0.5, 0.6) is 5.75 Å². The van der Waals surface area contributed by atoms with Crippen molar-refractivity contribution in [2.45, 2.75) is 64.5 Å². The van der Waals surface area contributed by atoms with Gasteiger partial charge in [0.1, 0.15) is 11.9 Å². The van der Waals surface area contributed by atoms with Crippen LogP contribution in [0.4, 0.5) is 11.4 Å². The standard InChI is InChI=1S/C28H36N4O7/c1-18(33)29-17-20-10-11-23-24(15-20)31-28(36)25(8-4-3-5-9-26(34)32-37)39-12-6-7-19-13-21(27(35)30-23)16-22(14-19)38-2/h10-11,13-16,25,37H,3-9,12,17H2,1-2H3,(H,29,33)(H,30,35)(H,31,36)(H,32,34)/t25-/m0/s1. The topological polar surface area (TPSA) is 155 Å². The lowest BCUT2D eigenvalue weighted by Gasteiger charge is -2.21. The van der Waals surface area contributed by atoms with Gasteiger partial charge in [-0.2, -0.15) is 0 Å². The van der Waals surface area contributed by atoms with Crippen LogP contribution in [0, 0.1) is 0 Å². The zero-order chi connectivity index (χ0) is 28.2. The summed E-state index contributed by atoms with van der Waals surface area (Å²) < 4.78 is 11.4. The Hall–Kier alpha value is -3.96. The molecule has 0 saturated carbocycles. The molecule has 0 aromatic heterocycles. The molecule has 1 aliphatic rings. The molecule has 0 spiro atoms. The quantitative estimate of drug-likeness (QED) is 0.186. The minimum absolute atomic E-state index is 0.189. The lowest BCUT2D eigenvalue weighted by atomic mass is 10.0. The maximum absolute atomic E-state index is 13.3. The monoisotopic (exact) mass is 540 g/mol. The number of rotatable bonds is 9. The number of carbonyl (C=O) groups is 4. The average Bonchev–Trinajstić information content (AvgIpc) is 2.92. The highest BCUT2D eigenvalue weighted by Crippen LogP contribution is 2.27. The van der Waals surface area contributed by atoms with Gasteiger partial charge in [-0.3, -0.25) is 24.4 Å². The largest absolute Gasteiger partial charge is 0.497 e. The Morgan fingerprint density at radius 2 is 1.90 bits per heavy atom. The number of ether oxygens (including phenoxy) is 2. The average molecular weight is 541 g/mol. The molecule has 0 saturated heterocycles. The van der Waals surface area contributed by atoms with Gasteiger partial charge in [0.05, 0.1) is 18.5 Å². The zero-order valence-corrected chi connectivity index (χ0v) is 22.3. The van der Waals surface area contributed by atoms with Crippen molar-refractivity contribution >= 4 is 35.0 Å². The van der Waals surface area contributed by atoms with Crippen LogP contribution in [-0.4, -0.2) is 48.7 Å². The number of methoxy groups -OCH3 is 1. The maximum atomic E-state index is 13.3. The molecule has 4 amide bonds. The molecule has 1 aliphatic heterocycles. The van der Waals surface area contributed by atoms with Crippen molar-refractivity contribution in [1.29, 1.82) is 0 Å². The smallest absolute Gasteiger partial charge is 0.255 e. The minimum atomic E-state index is -0.747. The van der Waals surface area contributed by atoms with E-state index in [0.717, 1.165) is 11.1 Å². The van der Waals surface area contributed by atoms with E-state index in [9.17, 15) is 19.2 Å². The van der Waals surface area contributed by atoms with Gasteiger partial charge < -0.3 is 25.4 Å². The van der Waals surface area contributed by atoms with Gasteiger partial charge in [0, 0.05) is 32.1 Å². The molecule has 2 aromatic carbocycles. The third kappa shape index (κ3) is 9.38. The molecule has 0 radical (unpaired) electrons. The molecule has 0 aliphatic carbocycles. The molecular weight excluding hydrogens is 504 g/mol. The van der Waals surface area contributed by atoms with Gasteiger partial charge in [0.2, 0.25) is 11.8 Å². The van der Waals surface area contributed by atoms with E-state index in [2.05, 4.69) is 16.0 Å². The predicted octanol–water partition coefficient (Wildman–Crippen LogP) is 3.31. The molecule has 1 heterocycles. The highest BCUT2D eigenvalue weighted by molar-refractivity contribution is 6.08. The summed E-state index contributed by atoms with van der Waals surface area (Å²) in [5, 5.41) is 17.1. The molecule has 2 bridgehead atoms. The van der Waals surface area contributed by atoms with E-state index >= 15 is 0 Å². The first-order valence-electron chi connectivity index (χ1n) is 13.0. The van der Waals surface area contributed by atoms with Gasteiger partial charge in [0.25, 0.3) is 11.8 Å². The third-order valence-corrected chi connectivity index (χ3v) is 6.31. The Balaban J connectivity index is 1.86. The fourth-order valence-electron chi connectivity index (χ4n) is 4.24. The number of benzene rings is 2. The van der Waals surface area contributed by atoms with Gasteiger partial charge in [-0.1, -0.05) is 18.9 Å². The maximum Gasteiger partial charge on any atom is 0.255 e. The number of aryl methyl sites for hydroxylation is 1. The number of hydroxylamine groups is 1. The molecule has 1 atom stereocenters. The van der Waals surface area contributed by atoms with E-state index in [4.69, 9.17) is 14.7 Å². The normalized spacial score (nSPS) is 15.7. The van der Waals surface area contributed by atoms with E-state index in [1.165, 1.54) is 6.92 Å². The summed E-state index contributed by atoms with van der Waals surface area (Å²) >= 11 is 0. The van der Waals surface area contributed by atoms with Crippen LogP contribution in [0.25, 0.3) is 0 Å². The number of hydrogen-bond donors (Lipinski definition) is 5. The SMILES string of the molecule is COc1cc2cc(c1)C(=O)Nc1ccc(CNC(C)=O)cc1NC(=O)[C@H](CCCCCC(=O)NO)OCCC2. The lowest BCUT2D eigenvalue weighted by Crippen LogP contribution is -2.31. The van der Waals surface area contributed by atoms with E-state index < -0.39 is 12.0 Å². The first-order chi connectivity index (χ1) is 18.8. The number of hydrogen-bond acceptors (Lipinski definition) is 7. The van der Waals surface area contributed by atoms with Crippen LogP contribution >= 0.6 is 0 Å². The van der Waals surface area contributed by atoms with Crippen molar-refractivity contribution in [3.05, 3.63) is 53.1 Å². The second kappa shape index (κ2) is 14.8. The molecule has 0 fully saturated rings. The van der Waals surface area contributed by atoms with Crippen LogP contribution in [0.1, 0.15) is 66.9 Å². The van der Waals surface area contributed by atoms with Gasteiger partial charge in [-0.05, 0) is 67.1 Å². The summed E-state index contributed by atoms with van der Waals surface area (Å²) in [5.74, 6) is -0.773. The highest BCUT2D eigenvalue weighted by atomic mass is 16.5. The number of unbranched alkanes of at least 4 members (excludes halogenated alkanes) is 2. The number of carbonyl (C=O) groups excluding carboxylic acids is 4. The van der Waals surface area contributed by atoms with Crippen LogP contribution < -0.4 is 26.2 Å². The van der Waals surface area contributed by atoms with Gasteiger partial charge in [0.15, 0.2) is 0 Å². The number of amides is 4. The van der Waals surface area contributed by atoms with Gasteiger partial charge >= 0.3 is 0 Å². The molecule has 210 valence electrons. The molecule has 11 heteroatoms. The second-order valence-electron chi connectivity index (χ2n) is 9.40. The van der Waals surface area contributed by atoms with E-state index in [0.29, 0.717) is 67.8 Å². The Labute approximate surface area is 227 Å². The van der Waals surface area contributed by atoms with Crippen molar-refractivity contribution in [2.24, 2.45) is 0 Å². The fourth-order valence-corrected chi connectivity index (χ4v) is 4.24. The Morgan fingerprint density at radius 1 is 1.08 bits per heavy atom. The summed E-state index contributed by atoms with van der Waals surface area (Å²) in [5.41, 5.74) is 4.47. The summed E-state index contributed by atoms with van der Waals surface area (Å²) in [6.07, 6.45) is 3.04. The van der Waals surface area contributed by atoms with Crippen LogP contribution in [0.15, 0.2) is 36.4 Å². The fraction of sp³-hybridized carbons (Fsp3) is 0.429. The van der Waals surface area contributed by atoms with Crippen LogP contribution in [0.3, 0.4) is 0 Å². The highest BCUT2D eigenvalue weighted by Gasteiger charge is 2.22. The second-order valence-corrected chi connectivity index (χ2v) is 9.40. The van der Waals surface area contributed by atoms with Crippen molar-refractivity contribution in [3.8, 4) is 5.75 Å². The lowest BCUT2D eigenvalue weighted by molar-refractivity contribution is -0.129. The molecule has 11 nitrogen and oxygen atoms in total.